The van der Waals surface area contributed by atoms with E-state index in [-0.39, 0.29) is 0 Å². The van der Waals surface area contributed by atoms with Gasteiger partial charge < -0.3 is 4.74 Å². The maximum Gasteiger partial charge on any atom is 0.119 e. The third-order valence-electron chi connectivity index (χ3n) is 3.84. The van der Waals surface area contributed by atoms with Gasteiger partial charge in [0.15, 0.2) is 0 Å². The van der Waals surface area contributed by atoms with Crippen LogP contribution in [0.5, 0.6) is 5.75 Å². The lowest BCUT2D eigenvalue weighted by molar-refractivity contribution is 0.250. The van der Waals surface area contributed by atoms with E-state index in [0.29, 0.717) is 0 Å². The van der Waals surface area contributed by atoms with Gasteiger partial charge in [-0.1, -0.05) is 57.5 Å². The fourth-order valence-electron chi connectivity index (χ4n) is 2.73. The van der Waals surface area contributed by atoms with Crippen LogP contribution in [-0.4, -0.2) is 11.9 Å². The molecule has 18 heavy (non-hydrogen) atoms. The van der Waals surface area contributed by atoms with Gasteiger partial charge in [0, 0.05) is 9.80 Å². The molecule has 1 nitrogen and oxygen atoms in total. The minimum absolute atomic E-state index is 0.781. The molecule has 0 N–H and O–H groups in total. The molecule has 3 heteroatoms. The zero-order chi connectivity index (χ0) is 12.8. The Labute approximate surface area is 127 Å². The van der Waals surface area contributed by atoms with E-state index in [4.69, 9.17) is 4.74 Å². The second-order valence-electron chi connectivity index (χ2n) is 5.05. The normalized spacial score (nSPS) is 17.9. The number of rotatable bonds is 6. The van der Waals surface area contributed by atoms with Crippen LogP contribution in [0.4, 0.5) is 0 Å². The van der Waals surface area contributed by atoms with Gasteiger partial charge in [-0.3, -0.25) is 0 Å². The summed E-state index contributed by atoms with van der Waals surface area (Å²) in [4.78, 5) is 0. The molecular formula is C15H20Br2O. The molecule has 0 saturated heterocycles. The summed E-state index contributed by atoms with van der Waals surface area (Å²) in [5.74, 6) is 2.67. The highest BCUT2D eigenvalue weighted by atomic mass is 79.9. The summed E-state index contributed by atoms with van der Waals surface area (Å²) in [6.07, 6.45) is 6.82. The van der Waals surface area contributed by atoms with Crippen molar-refractivity contribution < 1.29 is 4.74 Å². The monoisotopic (exact) mass is 374 g/mol. The predicted octanol–water partition coefficient (Wildman–Crippen LogP) is 5.42. The fourth-order valence-corrected chi connectivity index (χ4v) is 3.84. The predicted molar refractivity (Wildman–Crippen MR) is 83.5 cm³/mol. The second kappa shape index (κ2) is 7.54. The van der Waals surface area contributed by atoms with Crippen molar-refractivity contribution in [1.29, 1.82) is 0 Å². The van der Waals surface area contributed by atoms with Gasteiger partial charge in [0.05, 0.1) is 6.61 Å². The average molecular weight is 376 g/mol. The molecule has 1 fully saturated rings. The van der Waals surface area contributed by atoms with Crippen LogP contribution in [0.2, 0.25) is 0 Å². The largest absolute Gasteiger partial charge is 0.494 e. The van der Waals surface area contributed by atoms with E-state index in [2.05, 4.69) is 31.9 Å². The van der Waals surface area contributed by atoms with Crippen molar-refractivity contribution in [3.05, 3.63) is 28.7 Å². The smallest absolute Gasteiger partial charge is 0.119 e. The molecule has 1 saturated carbocycles. The van der Waals surface area contributed by atoms with Gasteiger partial charge in [-0.05, 0) is 42.5 Å². The number of benzene rings is 1. The summed E-state index contributed by atoms with van der Waals surface area (Å²) in [6, 6.07) is 8.08. The highest BCUT2D eigenvalue weighted by molar-refractivity contribution is 9.10. The average Bonchev–Trinajstić information content (AvgIpc) is 2.91. The molecule has 1 aliphatic carbocycles. The van der Waals surface area contributed by atoms with Crippen molar-refractivity contribution in [1.82, 2.24) is 0 Å². The lowest BCUT2D eigenvalue weighted by Gasteiger charge is -2.21. The van der Waals surface area contributed by atoms with Crippen molar-refractivity contribution in [3.8, 4) is 5.75 Å². The lowest BCUT2D eigenvalue weighted by Crippen LogP contribution is -2.16. The SMILES string of the molecule is BrCC(CCOc1ccc(Br)cc1)C1CCCC1. The molecule has 1 aliphatic rings. The Morgan fingerprint density at radius 1 is 1.17 bits per heavy atom. The molecule has 0 bridgehead atoms. The van der Waals surface area contributed by atoms with Crippen LogP contribution in [0.3, 0.4) is 0 Å². The van der Waals surface area contributed by atoms with Crippen LogP contribution in [0.1, 0.15) is 32.1 Å². The van der Waals surface area contributed by atoms with E-state index in [1.165, 1.54) is 25.7 Å². The highest BCUT2D eigenvalue weighted by Gasteiger charge is 2.23. The van der Waals surface area contributed by atoms with Crippen molar-refractivity contribution in [3.63, 3.8) is 0 Å². The molecule has 0 radical (unpaired) electrons. The first-order chi connectivity index (χ1) is 8.79. The fraction of sp³-hybridized carbons (Fsp3) is 0.600. The Bertz CT molecular complexity index is 344. The van der Waals surface area contributed by atoms with E-state index >= 15 is 0 Å². The van der Waals surface area contributed by atoms with E-state index in [9.17, 15) is 0 Å². The van der Waals surface area contributed by atoms with E-state index in [1.54, 1.807) is 0 Å². The first kappa shape index (κ1) is 14.4. The molecule has 0 aromatic heterocycles. The summed E-state index contributed by atoms with van der Waals surface area (Å²) in [5, 5.41) is 1.11. The summed E-state index contributed by atoms with van der Waals surface area (Å²) in [6.45, 7) is 0.828. The molecule has 1 unspecified atom stereocenters. The first-order valence-corrected chi connectivity index (χ1v) is 8.65. The third-order valence-corrected chi connectivity index (χ3v) is 5.20. The second-order valence-corrected chi connectivity index (χ2v) is 6.61. The van der Waals surface area contributed by atoms with E-state index in [1.807, 2.05) is 24.3 Å². The van der Waals surface area contributed by atoms with Crippen molar-refractivity contribution >= 4 is 31.9 Å². The van der Waals surface area contributed by atoms with Crippen molar-refractivity contribution in [2.75, 3.05) is 11.9 Å². The molecule has 100 valence electrons. The molecule has 2 rings (SSSR count). The lowest BCUT2D eigenvalue weighted by atomic mass is 9.90. The molecule has 0 amide bonds. The Kier molecular flexibility index (Phi) is 6.03. The van der Waals surface area contributed by atoms with Gasteiger partial charge in [-0.25, -0.2) is 0 Å². The van der Waals surface area contributed by atoms with Gasteiger partial charge >= 0.3 is 0 Å². The number of hydrogen-bond donors (Lipinski definition) is 0. The molecule has 0 aliphatic heterocycles. The molecular weight excluding hydrogens is 356 g/mol. The summed E-state index contributed by atoms with van der Waals surface area (Å²) >= 11 is 7.09. The molecule has 1 atom stereocenters. The van der Waals surface area contributed by atoms with Crippen LogP contribution in [0, 0.1) is 11.8 Å². The quantitative estimate of drug-likeness (QED) is 0.603. The van der Waals surface area contributed by atoms with Crippen LogP contribution in [0.25, 0.3) is 0 Å². The van der Waals surface area contributed by atoms with E-state index < -0.39 is 0 Å². The van der Waals surface area contributed by atoms with E-state index in [0.717, 1.165) is 40.4 Å². The van der Waals surface area contributed by atoms with Gasteiger partial charge in [-0.15, -0.1) is 0 Å². The zero-order valence-corrected chi connectivity index (χ0v) is 13.8. The van der Waals surface area contributed by atoms with Crippen molar-refractivity contribution in [2.24, 2.45) is 11.8 Å². The molecule has 1 aromatic carbocycles. The van der Waals surface area contributed by atoms with Gasteiger partial charge in [0.25, 0.3) is 0 Å². The third kappa shape index (κ3) is 4.27. The Hall–Kier alpha value is -0.0200. The summed E-state index contributed by atoms with van der Waals surface area (Å²) in [7, 11) is 0. The zero-order valence-electron chi connectivity index (χ0n) is 10.6. The molecule has 0 heterocycles. The van der Waals surface area contributed by atoms with Crippen LogP contribution in [-0.2, 0) is 0 Å². The molecule has 0 spiro atoms. The number of hydrogen-bond acceptors (Lipinski definition) is 1. The van der Waals surface area contributed by atoms with Crippen LogP contribution >= 0.6 is 31.9 Å². The van der Waals surface area contributed by atoms with Gasteiger partial charge in [0.2, 0.25) is 0 Å². The highest BCUT2D eigenvalue weighted by Crippen LogP contribution is 2.34. The Balaban J connectivity index is 1.74. The van der Waals surface area contributed by atoms with Gasteiger partial charge in [0.1, 0.15) is 5.75 Å². The number of ether oxygens (including phenoxy) is 1. The van der Waals surface area contributed by atoms with Crippen LogP contribution < -0.4 is 4.74 Å². The first-order valence-electron chi connectivity index (χ1n) is 6.74. The van der Waals surface area contributed by atoms with Crippen LogP contribution in [0.15, 0.2) is 28.7 Å². The maximum atomic E-state index is 5.81. The minimum atomic E-state index is 0.781. The Morgan fingerprint density at radius 3 is 2.44 bits per heavy atom. The standard InChI is InChI=1S/C15H20Br2O/c16-11-13(12-3-1-2-4-12)9-10-18-15-7-5-14(17)6-8-15/h5-8,12-13H,1-4,9-11H2. The Morgan fingerprint density at radius 2 is 1.83 bits per heavy atom. The maximum absolute atomic E-state index is 5.81. The number of alkyl halides is 1. The van der Waals surface area contributed by atoms with Crippen molar-refractivity contribution in [2.45, 2.75) is 32.1 Å². The topological polar surface area (TPSA) is 9.23 Å². The molecule has 1 aromatic rings. The summed E-state index contributed by atoms with van der Waals surface area (Å²) < 4.78 is 6.91. The minimum Gasteiger partial charge on any atom is -0.494 e. The number of halogens is 2. The summed E-state index contributed by atoms with van der Waals surface area (Å²) in [5.41, 5.74) is 0. The van der Waals surface area contributed by atoms with Gasteiger partial charge in [-0.2, -0.15) is 0 Å².